The SMILES string of the molecule is COc1cccc2c1nc(CCl)n2-c1ccc(Br)c(Cl)c1. The van der Waals surface area contributed by atoms with Crippen LogP contribution in [0.1, 0.15) is 5.82 Å². The Kier molecular flexibility index (Phi) is 4.11. The van der Waals surface area contributed by atoms with Crippen LogP contribution in [0, 0.1) is 0 Å². The Morgan fingerprint density at radius 2 is 2.10 bits per heavy atom. The van der Waals surface area contributed by atoms with Crippen molar-refractivity contribution in [3.8, 4) is 11.4 Å². The van der Waals surface area contributed by atoms with Crippen LogP contribution in [-0.4, -0.2) is 16.7 Å². The molecule has 0 bridgehead atoms. The molecule has 0 spiro atoms. The third-order valence-electron chi connectivity index (χ3n) is 3.22. The van der Waals surface area contributed by atoms with E-state index in [1.54, 1.807) is 7.11 Å². The molecule has 0 N–H and O–H groups in total. The number of alkyl halides is 1. The van der Waals surface area contributed by atoms with E-state index in [1.165, 1.54) is 0 Å². The van der Waals surface area contributed by atoms with Crippen LogP contribution in [0.2, 0.25) is 5.02 Å². The van der Waals surface area contributed by atoms with Crippen LogP contribution in [0.4, 0.5) is 0 Å². The summed E-state index contributed by atoms with van der Waals surface area (Å²) in [6.07, 6.45) is 0. The predicted octanol–water partition coefficient (Wildman–Crippen LogP) is 5.19. The average molecular weight is 386 g/mol. The summed E-state index contributed by atoms with van der Waals surface area (Å²) in [5, 5.41) is 0.637. The number of aromatic nitrogens is 2. The van der Waals surface area contributed by atoms with Crippen molar-refractivity contribution < 1.29 is 4.74 Å². The lowest BCUT2D eigenvalue weighted by atomic mass is 10.2. The predicted molar refractivity (Wildman–Crippen MR) is 89.9 cm³/mol. The standard InChI is InChI=1S/C15H11BrCl2N2O/c1-21-13-4-2-3-12-15(13)19-14(8-17)20(12)9-5-6-10(16)11(18)7-9/h2-7H,8H2,1H3. The van der Waals surface area contributed by atoms with E-state index in [0.717, 1.165) is 32.8 Å². The third-order valence-corrected chi connectivity index (χ3v) is 4.69. The lowest BCUT2D eigenvalue weighted by Gasteiger charge is -2.09. The van der Waals surface area contributed by atoms with Crippen LogP contribution in [-0.2, 0) is 5.88 Å². The number of imidazole rings is 1. The third kappa shape index (κ3) is 2.52. The highest BCUT2D eigenvalue weighted by Gasteiger charge is 2.15. The van der Waals surface area contributed by atoms with Crippen LogP contribution < -0.4 is 4.74 Å². The molecule has 0 amide bonds. The molecule has 21 heavy (non-hydrogen) atoms. The van der Waals surface area contributed by atoms with E-state index in [0.29, 0.717) is 10.9 Å². The molecule has 0 radical (unpaired) electrons. The van der Waals surface area contributed by atoms with Crippen LogP contribution in [0.15, 0.2) is 40.9 Å². The number of hydrogen-bond donors (Lipinski definition) is 0. The number of halogens is 3. The molecule has 0 unspecified atom stereocenters. The zero-order valence-electron chi connectivity index (χ0n) is 11.1. The molecule has 0 saturated heterocycles. The molecule has 0 aliphatic carbocycles. The highest BCUT2D eigenvalue weighted by Crippen LogP contribution is 2.31. The molecule has 6 heteroatoms. The van der Waals surface area contributed by atoms with Crippen molar-refractivity contribution in [2.24, 2.45) is 0 Å². The van der Waals surface area contributed by atoms with E-state index in [-0.39, 0.29) is 0 Å². The number of rotatable bonds is 3. The van der Waals surface area contributed by atoms with E-state index in [2.05, 4.69) is 20.9 Å². The minimum atomic E-state index is 0.297. The fraction of sp³-hybridized carbons (Fsp3) is 0.133. The minimum absolute atomic E-state index is 0.297. The molecule has 3 nitrogen and oxygen atoms in total. The van der Waals surface area contributed by atoms with Crippen molar-refractivity contribution in [1.82, 2.24) is 9.55 Å². The molecule has 0 atom stereocenters. The molecule has 0 aliphatic heterocycles. The summed E-state index contributed by atoms with van der Waals surface area (Å²) < 4.78 is 8.21. The Balaban J connectivity index is 2.32. The van der Waals surface area contributed by atoms with E-state index >= 15 is 0 Å². The maximum Gasteiger partial charge on any atom is 0.146 e. The number of nitrogens with zero attached hydrogens (tertiary/aromatic N) is 2. The van der Waals surface area contributed by atoms with Crippen LogP contribution in [0.3, 0.4) is 0 Å². The van der Waals surface area contributed by atoms with E-state index in [9.17, 15) is 0 Å². The van der Waals surface area contributed by atoms with Crippen molar-refractivity contribution in [3.63, 3.8) is 0 Å². The molecule has 3 aromatic rings. The maximum absolute atomic E-state index is 6.20. The van der Waals surface area contributed by atoms with Crippen molar-refractivity contribution >= 4 is 50.2 Å². The molecular weight excluding hydrogens is 375 g/mol. The Labute approximate surface area is 140 Å². The molecule has 1 heterocycles. The van der Waals surface area contributed by atoms with E-state index in [1.807, 2.05) is 41.0 Å². The topological polar surface area (TPSA) is 27.1 Å². The van der Waals surface area contributed by atoms with Crippen molar-refractivity contribution in [1.29, 1.82) is 0 Å². The van der Waals surface area contributed by atoms with Gasteiger partial charge in [0, 0.05) is 10.2 Å². The van der Waals surface area contributed by atoms with Gasteiger partial charge in [0.2, 0.25) is 0 Å². The summed E-state index contributed by atoms with van der Waals surface area (Å²) >= 11 is 15.6. The van der Waals surface area contributed by atoms with Crippen molar-refractivity contribution in [3.05, 3.63) is 51.7 Å². The number of hydrogen-bond acceptors (Lipinski definition) is 2. The second-order valence-corrected chi connectivity index (χ2v) is 5.95. The van der Waals surface area contributed by atoms with Gasteiger partial charge < -0.3 is 4.74 Å². The summed E-state index contributed by atoms with van der Waals surface area (Å²) in [6, 6.07) is 11.5. The normalized spacial score (nSPS) is 11.0. The fourth-order valence-corrected chi connectivity index (χ4v) is 2.89. The number of para-hydroxylation sites is 1. The fourth-order valence-electron chi connectivity index (χ4n) is 2.29. The lowest BCUT2D eigenvalue weighted by Crippen LogP contribution is -1.99. The first-order chi connectivity index (χ1) is 10.2. The Morgan fingerprint density at radius 1 is 1.29 bits per heavy atom. The first-order valence-electron chi connectivity index (χ1n) is 6.21. The van der Waals surface area contributed by atoms with Gasteiger partial charge in [-0.1, -0.05) is 17.7 Å². The number of benzene rings is 2. The van der Waals surface area contributed by atoms with Gasteiger partial charge >= 0.3 is 0 Å². The van der Waals surface area contributed by atoms with Gasteiger partial charge in [0.15, 0.2) is 0 Å². The van der Waals surface area contributed by atoms with Gasteiger partial charge in [0.1, 0.15) is 17.1 Å². The molecular formula is C15H11BrCl2N2O. The number of fused-ring (bicyclic) bond motifs is 1. The Morgan fingerprint density at radius 3 is 2.76 bits per heavy atom. The smallest absolute Gasteiger partial charge is 0.146 e. The second kappa shape index (κ2) is 5.87. The summed E-state index contributed by atoms with van der Waals surface area (Å²) in [4.78, 5) is 4.58. The van der Waals surface area contributed by atoms with Gasteiger partial charge in [0.25, 0.3) is 0 Å². The van der Waals surface area contributed by atoms with Gasteiger partial charge in [-0.25, -0.2) is 4.98 Å². The molecule has 3 rings (SSSR count). The van der Waals surface area contributed by atoms with Crippen LogP contribution in [0.5, 0.6) is 5.75 Å². The van der Waals surface area contributed by atoms with Gasteiger partial charge in [-0.2, -0.15) is 0 Å². The largest absolute Gasteiger partial charge is 0.494 e. The van der Waals surface area contributed by atoms with Gasteiger partial charge in [-0.05, 0) is 46.3 Å². The zero-order chi connectivity index (χ0) is 15.0. The molecule has 2 aromatic carbocycles. The summed E-state index contributed by atoms with van der Waals surface area (Å²) in [7, 11) is 1.63. The first-order valence-corrected chi connectivity index (χ1v) is 7.92. The molecule has 1 aromatic heterocycles. The van der Waals surface area contributed by atoms with Gasteiger partial charge in [0.05, 0.1) is 23.5 Å². The van der Waals surface area contributed by atoms with Crippen LogP contribution in [0.25, 0.3) is 16.7 Å². The van der Waals surface area contributed by atoms with Gasteiger partial charge in [-0.15, -0.1) is 11.6 Å². The van der Waals surface area contributed by atoms with E-state index < -0.39 is 0 Å². The Hall–Kier alpha value is -1.23. The van der Waals surface area contributed by atoms with Crippen LogP contribution >= 0.6 is 39.1 Å². The van der Waals surface area contributed by atoms with E-state index in [4.69, 9.17) is 27.9 Å². The zero-order valence-corrected chi connectivity index (χ0v) is 14.2. The molecule has 0 saturated carbocycles. The number of methoxy groups -OCH3 is 1. The molecule has 0 aliphatic rings. The highest BCUT2D eigenvalue weighted by atomic mass is 79.9. The van der Waals surface area contributed by atoms with Gasteiger partial charge in [-0.3, -0.25) is 4.57 Å². The van der Waals surface area contributed by atoms with Crippen molar-refractivity contribution in [2.45, 2.75) is 5.88 Å². The lowest BCUT2D eigenvalue weighted by molar-refractivity contribution is 0.419. The molecule has 108 valence electrons. The number of ether oxygens (including phenoxy) is 1. The highest BCUT2D eigenvalue weighted by molar-refractivity contribution is 9.10. The monoisotopic (exact) mass is 384 g/mol. The maximum atomic E-state index is 6.20. The minimum Gasteiger partial charge on any atom is -0.494 e. The molecule has 0 fully saturated rings. The summed E-state index contributed by atoms with van der Waals surface area (Å²) in [5.41, 5.74) is 2.63. The average Bonchev–Trinajstić information content (AvgIpc) is 2.88. The van der Waals surface area contributed by atoms with Crippen molar-refractivity contribution in [2.75, 3.05) is 7.11 Å². The summed E-state index contributed by atoms with van der Waals surface area (Å²) in [5.74, 6) is 1.77. The quantitative estimate of drug-likeness (QED) is 0.580. The summed E-state index contributed by atoms with van der Waals surface area (Å²) in [6.45, 7) is 0. The Bertz CT molecular complexity index is 817. The second-order valence-electron chi connectivity index (χ2n) is 4.42. The first kappa shape index (κ1) is 14.7.